The van der Waals surface area contributed by atoms with E-state index in [9.17, 15) is 19.5 Å². The van der Waals surface area contributed by atoms with Gasteiger partial charge in [-0.1, -0.05) is 13.3 Å². The number of amides is 1. The first-order chi connectivity index (χ1) is 13.0. The van der Waals surface area contributed by atoms with Gasteiger partial charge in [0.2, 0.25) is 5.91 Å². The van der Waals surface area contributed by atoms with Crippen LogP contribution in [0.3, 0.4) is 0 Å². The number of aromatic nitrogens is 1. The van der Waals surface area contributed by atoms with Crippen molar-refractivity contribution in [1.29, 1.82) is 0 Å². The van der Waals surface area contributed by atoms with Gasteiger partial charge in [-0.05, 0) is 32.3 Å². The maximum Gasteiger partial charge on any atom is 0.339 e. The number of carbonyl (C=O) groups excluding carboxylic acids is 2. The summed E-state index contributed by atoms with van der Waals surface area (Å²) in [5, 5.41) is 12.3. The van der Waals surface area contributed by atoms with Gasteiger partial charge in [0.25, 0.3) is 0 Å². The minimum Gasteiger partial charge on any atom is -0.478 e. The van der Waals surface area contributed by atoms with E-state index in [1.54, 1.807) is 11.8 Å². The van der Waals surface area contributed by atoms with Crippen molar-refractivity contribution in [2.45, 2.75) is 46.0 Å². The summed E-state index contributed by atoms with van der Waals surface area (Å²) in [5.41, 5.74) is 0.365. The second-order valence-electron chi connectivity index (χ2n) is 6.59. The lowest BCUT2D eigenvalue weighted by atomic mass is 9.98. The van der Waals surface area contributed by atoms with Crippen LogP contribution in [0, 0.1) is 5.92 Å². The Bertz CT molecular complexity index is 692. The summed E-state index contributed by atoms with van der Waals surface area (Å²) in [7, 11) is 0. The van der Waals surface area contributed by atoms with Crippen LogP contribution in [0.5, 0.6) is 0 Å². The summed E-state index contributed by atoms with van der Waals surface area (Å²) in [6.45, 7) is 5.06. The van der Waals surface area contributed by atoms with E-state index in [-0.39, 0.29) is 23.4 Å². The van der Waals surface area contributed by atoms with Gasteiger partial charge in [-0.25, -0.2) is 9.78 Å². The largest absolute Gasteiger partial charge is 0.478 e. The zero-order chi connectivity index (χ0) is 19.8. The molecule has 2 N–H and O–H groups in total. The van der Waals surface area contributed by atoms with E-state index in [4.69, 9.17) is 4.74 Å². The van der Waals surface area contributed by atoms with Crippen molar-refractivity contribution >= 4 is 29.4 Å². The van der Waals surface area contributed by atoms with Crippen molar-refractivity contribution in [3.63, 3.8) is 0 Å². The molecule has 0 spiro atoms. The molecule has 0 saturated carbocycles. The molecule has 1 aromatic rings. The number of carbonyl (C=O) groups is 3. The number of nitrogens with zero attached hydrogens (tertiary/aromatic N) is 2. The zero-order valence-electron chi connectivity index (χ0n) is 15.9. The minimum atomic E-state index is -1.12. The molecule has 1 fully saturated rings. The number of esters is 1. The molecule has 1 aromatic heterocycles. The van der Waals surface area contributed by atoms with E-state index in [2.05, 4.69) is 10.3 Å². The summed E-state index contributed by atoms with van der Waals surface area (Å²) < 4.78 is 5.09. The molecule has 1 amide bonds. The molecule has 1 unspecified atom stereocenters. The van der Waals surface area contributed by atoms with Crippen molar-refractivity contribution in [2.24, 2.45) is 5.92 Å². The molecule has 1 atom stereocenters. The number of rotatable bonds is 8. The highest BCUT2D eigenvalue weighted by atomic mass is 16.5. The van der Waals surface area contributed by atoms with E-state index in [0.29, 0.717) is 44.0 Å². The number of nitrogens with one attached hydrogen (secondary N) is 1. The predicted octanol–water partition coefficient (Wildman–Crippen LogP) is 2.69. The predicted molar refractivity (Wildman–Crippen MR) is 101 cm³/mol. The SMILES string of the molecule is CCCCC(=O)Nc1cnc(N2CCCC(C(=O)OCC)C2)c(C(=O)O)c1. The molecule has 8 nitrogen and oxygen atoms in total. The molecular weight excluding hydrogens is 350 g/mol. The Morgan fingerprint density at radius 2 is 2.15 bits per heavy atom. The van der Waals surface area contributed by atoms with Gasteiger partial charge in [0, 0.05) is 19.5 Å². The van der Waals surface area contributed by atoms with E-state index in [1.807, 2.05) is 6.92 Å². The van der Waals surface area contributed by atoms with Crippen LogP contribution < -0.4 is 10.2 Å². The molecule has 2 rings (SSSR count). The Morgan fingerprint density at radius 3 is 2.81 bits per heavy atom. The van der Waals surface area contributed by atoms with E-state index in [1.165, 1.54) is 12.3 Å². The number of pyridine rings is 1. The summed E-state index contributed by atoms with van der Waals surface area (Å²) in [5.74, 6) is -1.54. The number of anilines is 2. The van der Waals surface area contributed by atoms with Crippen LogP contribution in [0.4, 0.5) is 11.5 Å². The second kappa shape index (κ2) is 9.89. The quantitative estimate of drug-likeness (QED) is 0.670. The molecule has 1 aliphatic rings. The molecule has 1 saturated heterocycles. The van der Waals surface area contributed by atoms with Gasteiger partial charge < -0.3 is 20.1 Å². The van der Waals surface area contributed by atoms with Gasteiger partial charge in [0.1, 0.15) is 11.4 Å². The normalized spacial score (nSPS) is 16.7. The highest BCUT2D eigenvalue weighted by Crippen LogP contribution is 2.27. The Morgan fingerprint density at radius 1 is 1.37 bits per heavy atom. The number of hydrogen-bond donors (Lipinski definition) is 2. The van der Waals surface area contributed by atoms with Gasteiger partial charge in [0.15, 0.2) is 0 Å². The minimum absolute atomic E-state index is 0.00722. The van der Waals surface area contributed by atoms with Crippen LogP contribution in [0.2, 0.25) is 0 Å². The number of piperidine rings is 1. The smallest absolute Gasteiger partial charge is 0.339 e. The molecule has 0 bridgehead atoms. The Hall–Kier alpha value is -2.64. The number of hydrogen-bond acceptors (Lipinski definition) is 6. The molecule has 0 radical (unpaired) electrons. The third kappa shape index (κ3) is 5.67. The van der Waals surface area contributed by atoms with Gasteiger partial charge >= 0.3 is 11.9 Å². The second-order valence-corrected chi connectivity index (χ2v) is 6.59. The molecule has 1 aliphatic heterocycles. The fourth-order valence-corrected chi connectivity index (χ4v) is 3.12. The Balaban J connectivity index is 2.17. The van der Waals surface area contributed by atoms with Crippen molar-refractivity contribution in [2.75, 3.05) is 29.9 Å². The summed E-state index contributed by atoms with van der Waals surface area (Å²) >= 11 is 0. The van der Waals surface area contributed by atoms with E-state index in [0.717, 1.165) is 19.3 Å². The fraction of sp³-hybridized carbons (Fsp3) is 0.579. The molecule has 2 heterocycles. The van der Waals surface area contributed by atoms with Crippen LogP contribution in [0.15, 0.2) is 12.3 Å². The maximum atomic E-state index is 12.0. The van der Waals surface area contributed by atoms with Crippen molar-refractivity contribution < 1.29 is 24.2 Å². The number of ether oxygens (including phenoxy) is 1. The third-order valence-electron chi connectivity index (χ3n) is 4.48. The van der Waals surface area contributed by atoms with Crippen molar-refractivity contribution in [3.8, 4) is 0 Å². The van der Waals surface area contributed by atoms with Gasteiger partial charge in [-0.2, -0.15) is 0 Å². The van der Waals surface area contributed by atoms with E-state index < -0.39 is 5.97 Å². The van der Waals surface area contributed by atoms with Crippen LogP contribution in [0.25, 0.3) is 0 Å². The maximum absolute atomic E-state index is 12.0. The lowest BCUT2D eigenvalue weighted by molar-refractivity contribution is -0.148. The number of carboxylic acids is 1. The zero-order valence-corrected chi connectivity index (χ0v) is 15.9. The van der Waals surface area contributed by atoms with Crippen LogP contribution in [-0.4, -0.2) is 47.6 Å². The Kier molecular flexibility index (Phi) is 7.57. The standard InChI is InChI=1S/C19H27N3O5/c1-3-5-8-16(23)21-14-10-15(18(24)25)17(20-11-14)22-9-6-7-13(12-22)19(26)27-4-2/h10-11,13H,3-9,12H2,1-2H3,(H,21,23)(H,24,25). The number of aromatic carboxylic acids is 1. The average molecular weight is 377 g/mol. The topological polar surface area (TPSA) is 109 Å². The molecule has 0 aromatic carbocycles. The molecule has 27 heavy (non-hydrogen) atoms. The van der Waals surface area contributed by atoms with Crippen LogP contribution in [0.1, 0.15) is 56.3 Å². The number of unbranched alkanes of at least 4 members (excludes halogenated alkanes) is 1. The first kappa shape index (κ1) is 20.7. The molecule has 8 heteroatoms. The van der Waals surface area contributed by atoms with Gasteiger partial charge in [0.05, 0.1) is 24.4 Å². The summed E-state index contributed by atoms with van der Waals surface area (Å²) in [6, 6.07) is 1.42. The van der Waals surface area contributed by atoms with Crippen molar-refractivity contribution in [3.05, 3.63) is 17.8 Å². The molecule has 0 aliphatic carbocycles. The monoisotopic (exact) mass is 377 g/mol. The van der Waals surface area contributed by atoms with Gasteiger partial charge in [-0.15, -0.1) is 0 Å². The third-order valence-corrected chi connectivity index (χ3v) is 4.48. The Labute approximate surface area is 158 Å². The average Bonchev–Trinajstić information content (AvgIpc) is 2.66. The lowest BCUT2D eigenvalue weighted by Gasteiger charge is -2.33. The highest BCUT2D eigenvalue weighted by Gasteiger charge is 2.29. The molecule has 148 valence electrons. The van der Waals surface area contributed by atoms with E-state index >= 15 is 0 Å². The van der Waals surface area contributed by atoms with Crippen molar-refractivity contribution in [1.82, 2.24) is 4.98 Å². The summed E-state index contributed by atoms with van der Waals surface area (Å²) in [6.07, 6.45) is 4.98. The van der Waals surface area contributed by atoms with Crippen LogP contribution >= 0.6 is 0 Å². The fourth-order valence-electron chi connectivity index (χ4n) is 3.12. The highest BCUT2D eigenvalue weighted by molar-refractivity contribution is 5.97. The lowest BCUT2D eigenvalue weighted by Crippen LogP contribution is -2.40. The number of carboxylic acid groups (broad SMARTS) is 1. The summed E-state index contributed by atoms with van der Waals surface area (Å²) in [4.78, 5) is 41.7. The molecular formula is C19H27N3O5. The van der Waals surface area contributed by atoms with Gasteiger partial charge in [-0.3, -0.25) is 9.59 Å². The van der Waals surface area contributed by atoms with Crippen LogP contribution in [-0.2, 0) is 14.3 Å². The first-order valence-corrected chi connectivity index (χ1v) is 9.41. The first-order valence-electron chi connectivity index (χ1n) is 9.41.